The summed E-state index contributed by atoms with van der Waals surface area (Å²) in [6.45, 7) is 3.43. The Morgan fingerprint density at radius 1 is 0.850 bits per heavy atom. The van der Waals surface area contributed by atoms with E-state index in [9.17, 15) is 9.46 Å². The molecule has 9 heteroatoms. The van der Waals surface area contributed by atoms with Crippen molar-refractivity contribution in [2.45, 2.75) is 90.5 Å². The molecule has 1 heterocycles. The molecule has 1 unspecified atom stereocenters. The molecule has 1 N–H and O–H groups in total. The van der Waals surface area contributed by atoms with Gasteiger partial charge in [0.05, 0.1) is 19.1 Å². The number of nitrogens with zero attached hydrogens (tertiary/aromatic N) is 1. The van der Waals surface area contributed by atoms with E-state index in [0.717, 1.165) is 18.4 Å². The van der Waals surface area contributed by atoms with Gasteiger partial charge in [-0.1, -0.05) is 107 Å². The highest BCUT2D eigenvalue weighted by Crippen LogP contribution is 2.49. The maximum Gasteiger partial charge on any atom is 0.585 e. The fraction of sp³-hybridized carbons (Fsp3) is 0.516. The molecule has 0 fully saturated rings. The first kappa shape index (κ1) is 32.0. The predicted octanol–water partition coefficient (Wildman–Crippen LogP) is 8.73. The first-order valence-electron chi connectivity index (χ1n) is 14.5. The van der Waals surface area contributed by atoms with Crippen LogP contribution in [0.2, 0.25) is 0 Å². The number of rotatable bonds is 21. The monoisotopic (exact) mass is 590 g/mol. The van der Waals surface area contributed by atoms with E-state index >= 15 is 0 Å². The average Bonchev–Trinajstić information content (AvgIpc) is 3.44. The molecule has 0 bridgehead atoms. The van der Waals surface area contributed by atoms with Crippen molar-refractivity contribution in [2.24, 2.45) is 0 Å². The summed E-state index contributed by atoms with van der Waals surface area (Å²) in [7, 11) is -3.01. The zero-order valence-corrected chi connectivity index (χ0v) is 25.7. The number of ether oxygens (including phenoxy) is 2. The number of phosphoric ester groups is 1. The summed E-state index contributed by atoms with van der Waals surface area (Å²) in [5.74, 6) is 1.07. The van der Waals surface area contributed by atoms with Crippen molar-refractivity contribution in [2.75, 3.05) is 13.7 Å². The number of phosphoric acid groups is 1. The SMILES string of the molecule is CCCCCCCCCCCCCCOc1cccc(OP(=O)(O)Oc2cccc(C[n+]3ccsc3)c2)c1OC. The molecule has 0 saturated heterocycles. The van der Waals surface area contributed by atoms with E-state index in [1.165, 1.54) is 71.3 Å². The Kier molecular flexibility index (Phi) is 14.4. The summed E-state index contributed by atoms with van der Waals surface area (Å²) in [6.07, 6.45) is 17.3. The van der Waals surface area contributed by atoms with Gasteiger partial charge >= 0.3 is 7.82 Å². The van der Waals surface area contributed by atoms with Crippen LogP contribution in [0.15, 0.2) is 59.6 Å². The van der Waals surface area contributed by atoms with E-state index in [-0.39, 0.29) is 17.2 Å². The molecule has 1 aromatic heterocycles. The highest BCUT2D eigenvalue weighted by Gasteiger charge is 2.28. The topological polar surface area (TPSA) is 78.1 Å². The van der Waals surface area contributed by atoms with Crippen LogP contribution in [-0.2, 0) is 11.1 Å². The minimum atomic E-state index is -4.49. The molecule has 0 amide bonds. The van der Waals surface area contributed by atoms with Crippen molar-refractivity contribution in [3.05, 3.63) is 65.1 Å². The molecule has 0 saturated carbocycles. The van der Waals surface area contributed by atoms with E-state index in [1.807, 2.05) is 27.7 Å². The standard InChI is InChI=1S/C31H44NO6PS/c1-3-4-5-6-7-8-9-10-11-12-13-14-22-36-29-19-16-20-30(31(29)35-2)38-39(33,34)37-28-18-15-17-27(24-28)25-32-21-23-40-26-32/h15-21,23-24,26H,3-14,22,25H2,1-2H3/p+1. The molecular formula is C31H45NO6PS+. The summed E-state index contributed by atoms with van der Waals surface area (Å²) in [5.41, 5.74) is 2.93. The van der Waals surface area contributed by atoms with Gasteiger partial charge in [-0.15, -0.1) is 0 Å². The Bertz CT molecular complexity index is 1160. The number of para-hydroxylation sites is 1. The van der Waals surface area contributed by atoms with Crippen LogP contribution in [0.25, 0.3) is 0 Å². The average molecular weight is 591 g/mol. The van der Waals surface area contributed by atoms with Crippen molar-refractivity contribution in [3.63, 3.8) is 0 Å². The van der Waals surface area contributed by atoms with Crippen LogP contribution >= 0.6 is 19.2 Å². The minimum Gasteiger partial charge on any atom is -0.490 e. The van der Waals surface area contributed by atoms with Crippen LogP contribution in [0.4, 0.5) is 0 Å². The molecule has 7 nitrogen and oxygen atoms in total. The van der Waals surface area contributed by atoms with Gasteiger partial charge in [0.2, 0.25) is 11.3 Å². The van der Waals surface area contributed by atoms with E-state index in [2.05, 4.69) is 6.92 Å². The molecule has 0 spiro atoms. The van der Waals surface area contributed by atoms with E-state index < -0.39 is 7.82 Å². The van der Waals surface area contributed by atoms with E-state index in [4.69, 9.17) is 18.5 Å². The molecule has 0 aliphatic carbocycles. The van der Waals surface area contributed by atoms with Crippen molar-refractivity contribution >= 4 is 19.2 Å². The van der Waals surface area contributed by atoms with Gasteiger partial charge in [-0.2, -0.15) is 4.57 Å². The smallest absolute Gasteiger partial charge is 0.490 e. The number of aromatic nitrogens is 1. The lowest BCUT2D eigenvalue weighted by Crippen LogP contribution is -2.30. The molecule has 220 valence electrons. The Hall–Kier alpha value is -2.54. The molecule has 3 aromatic rings. The lowest BCUT2D eigenvalue weighted by Gasteiger charge is -2.18. The Labute approximate surface area is 243 Å². The Morgan fingerprint density at radius 3 is 2.15 bits per heavy atom. The lowest BCUT2D eigenvalue weighted by molar-refractivity contribution is -0.683. The van der Waals surface area contributed by atoms with Gasteiger partial charge in [-0.25, -0.2) is 4.57 Å². The molecule has 40 heavy (non-hydrogen) atoms. The summed E-state index contributed by atoms with van der Waals surface area (Å²) in [4.78, 5) is 10.5. The van der Waals surface area contributed by atoms with Crippen LogP contribution in [0.5, 0.6) is 23.0 Å². The summed E-state index contributed by atoms with van der Waals surface area (Å²) in [6, 6.07) is 12.1. The second-order valence-corrected chi connectivity index (χ2v) is 12.1. The number of unbranched alkanes of at least 4 members (excludes halogenated alkanes) is 11. The van der Waals surface area contributed by atoms with Crippen molar-refractivity contribution in [3.8, 4) is 23.0 Å². The summed E-state index contributed by atoms with van der Waals surface area (Å²) < 4.78 is 37.1. The number of benzene rings is 2. The molecule has 0 radical (unpaired) electrons. The molecule has 3 rings (SSSR count). The van der Waals surface area contributed by atoms with Gasteiger partial charge in [0.25, 0.3) is 0 Å². The lowest BCUT2D eigenvalue weighted by atomic mass is 10.1. The number of methoxy groups -OCH3 is 1. The quantitative estimate of drug-likeness (QED) is 0.0759. The maximum atomic E-state index is 12.9. The normalized spacial score (nSPS) is 12.6. The summed E-state index contributed by atoms with van der Waals surface area (Å²) >= 11 is 1.60. The highest BCUT2D eigenvalue weighted by atomic mass is 32.1. The minimum absolute atomic E-state index is 0.0884. The fourth-order valence-electron chi connectivity index (χ4n) is 4.55. The zero-order chi connectivity index (χ0) is 28.5. The Balaban J connectivity index is 1.41. The van der Waals surface area contributed by atoms with Crippen LogP contribution in [0.1, 0.15) is 89.5 Å². The van der Waals surface area contributed by atoms with Crippen molar-refractivity contribution in [1.82, 2.24) is 0 Å². The Morgan fingerprint density at radius 2 is 1.50 bits per heavy atom. The van der Waals surface area contributed by atoms with Gasteiger partial charge in [0, 0.05) is 5.56 Å². The second-order valence-electron chi connectivity index (χ2n) is 10.0. The zero-order valence-electron chi connectivity index (χ0n) is 24.0. The van der Waals surface area contributed by atoms with Crippen LogP contribution in [0, 0.1) is 0 Å². The van der Waals surface area contributed by atoms with Gasteiger partial charge in [0.15, 0.2) is 24.2 Å². The summed E-state index contributed by atoms with van der Waals surface area (Å²) in [5, 5.41) is 1.99. The molecule has 2 aromatic carbocycles. The number of hydrogen-bond donors (Lipinski definition) is 1. The predicted molar refractivity (Wildman–Crippen MR) is 161 cm³/mol. The highest BCUT2D eigenvalue weighted by molar-refractivity contribution is 7.48. The van der Waals surface area contributed by atoms with Crippen LogP contribution in [-0.4, -0.2) is 18.6 Å². The van der Waals surface area contributed by atoms with Crippen molar-refractivity contribution in [1.29, 1.82) is 0 Å². The maximum absolute atomic E-state index is 12.9. The van der Waals surface area contributed by atoms with Gasteiger partial charge in [-0.05, 0) is 30.7 Å². The fourth-order valence-corrected chi connectivity index (χ4v) is 5.95. The molecule has 0 aliphatic heterocycles. The molecular weight excluding hydrogens is 545 g/mol. The van der Waals surface area contributed by atoms with Gasteiger partial charge < -0.3 is 18.5 Å². The van der Waals surface area contributed by atoms with Gasteiger partial charge in [0.1, 0.15) is 5.75 Å². The number of thiazole rings is 1. The first-order valence-corrected chi connectivity index (χ1v) is 17.0. The van der Waals surface area contributed by atoms with Crippen molar-refractivity contribution < 1.29 is 32.5 Å². The van der Waals surface area contributed by atoms with E-state index in [1.54, 1.807) is 47.7 Å². The first-order chi connectivity index (χ1) is 19.5. The third-order valence-electron chi connectivity index (χ3n) is 6.63. The van der Waals surface area contributed by atoms with Gasteiger partial charge in [-0.3, -0.25) is 4.89 Å². The van der Waals surface area contributed by atoms with E-state index in [0.29, 0.717) is 18.9 Å². The number of hydrogen-bond acceptors (Lipinski definition) is 6. The van der Waals surface area contributed by atoms with Crippen LogP contribution < -0.4 is 23.1 Å². The second kappa shape index (κ2) is 18.0. The molecule has 0 aliphatic rings. The third-order valence-corrected chi connectivity index (χ3v) is 8.17. The largest absolute Gasteiger partial charge is 0.585 e. The van der Waals surface area contributed by atoms with Crippen LogP contribution in [0.3, 0.4) is 0 Å². The molecule has 1 atom stereocenters. The third kappa shape index (κ3) is 11.9.